The first kappa shape index (κ1) is 17.5. The summed E-state index contributed by atoms with van der Waals surface area (Å²) in [7, 11) is 3.45. The lowest BCUT2D eigenvalue weighted by molar-refractivity contribution is -0.132. The van der Waals surface area contributed by atoms with Crippen molar-refractivity contribution in [2.75, 3.05) is 20.8 Å². The van der Waals surface area contributed by atoms with Gasteiger partial charge < -0.3 is 4.74 Å². The number of hydrogen-bond donors (Lipinski definition) is 0. The van der Waals surface area contributed by atoms with Crippen LogP contribution in [0, 0.1) is 5.92 Å². The smallest absolute Gasteiger partial charge is 0.222 e. The van der Waals surface area contributed by atoms with Gasteiger partial charge in [-0.1, -0.05) is 42.9 Å². The van der Waals surface area contributed by atoms with E-state index in [1.165, 1.54) is 33.4 Å². The molecule has 0 saturated carbocycles. The van der Waals surface area contributed by atoms with E-state index in [1.807, 2.05) is 5.06 Å². The molecule has 1 unspecified atom stereocenters. The lowest BCUT2D eigenvalue weighted by atomic mass is 9.80. The monoisotopic (exact) mass is 437 g/mol. The Bertz CT molecular complexity index is 737. The molecule has 1 heterocycles. The molecule has 4 rings (SSSR count). The van der Waals surface area contributed by atoms with E-state index >= 15 is 0 Å². The van der Waals surface area contributed by atoms with Crippen LogP contribution in [0.25, 0.3) is 0 Å². The first-order chi connectivity index (χ1) is 11.2. The Morgan fingerprint density at radius 2 is 1.92 bits per heavy atom. The van der Waals surface area contributed by atoms with E-state index in [-0.39, 0.29) is 24.0 Å². The first-order valence-electron chi connectivity index (χ1n) is 8.33. The van der Waals surface area contributed by atoms with Crippen LogP contribution >= 0.6 is 24.0 Å². The number of hydrogen-bond acceptors (Lipinski definition) is 3. The van der Waals surface area contributed by atoms with Crippen molar-refractivity contribution in [3.8, 4) is 0 Å². The predicted molar refractivity (Wildman–Crippen MR) is 107 cm³/mol. The third kappa shape index (κ3) is 2.69. The van der Waals surface area contributed by atoms with Gasteiger partial charge in [-0.05, 0) is 47.5 Å². The highest BCUT2D eigenvalue weighted by molar-refractivity contribution is 14.0. The van der Waals surface area contributed by atoms with E-state index < -0.39 is 0 Å². The minimum absolute atomic E-state index is 0. The number of fused-ring (bicyclic) bond motifs is 1. The highest BCUT2D eigenvalue weighted by atomic mass is 127. The van der Waals surface area contributed by atoms with E-state index in [1.54, 1.807) is 14.2 Å². The lowest BCUT2D eigenvalue weighted by Gasteiger charge is -2.35. The highest BCUT2D eigenvalue weighted by Crippen LogP contribution is 2.46. The Morgan fingerprint density at radius 3 is 2.67 bits per heavy atom. The maximum absolute atomic E-state index is 5.79. The Balaban J connectivity index is 0.00000169. The average molecular weight is 437 g/mol. The molecule has 0 radical (unpaired) electrons. The second-order valence-corrected chi connectivity index (χ2v) is 6.61. The van der Waals surface area contributed by atoms with Crippen molar-refractivity contribution in [1.29, 1.82) is 0 Å². The van der Waals surface area contributed by atoms with Crippen LogP contribution in [-0.4, -0.2) is 25.8 Å². The summed E-state index contributed by atoms with van der Waals surface area (Å²) in [6.07, 6.45) is 14.6. The summed E-state index contributed by atoms with van der Waals surface area (Å²) in [5.74, 6) is 1.44. The van der Waals surface area contributed by atoms with E-state index in [9.17, 15) is 0 Å². The van der Waals surface area contributed by atoms with E-state index in [2.05, 4.69) is 37.3 Å². The zero-order chi connectivity index (χ0) is 16.0. The van der Waals surface area contributed by atoms with Gasteiger partial charge in [-0.25, -0.2) is 5.06 Å². The molecule has 0 bridgehead atoms. The average Bonchev–Trinajstić information content (AvgIpc) is 2.73. The van der Waals surface area contributed by atoms with Gasteiger partial charge in [0, 0.05) is 0 Å². The molecule has 0 amide bonds. The van der Waals surface area contributed by atoms with Gasteiger partial charge in [-0.2, -0.15) is 0 Å². The molecule has 24 heavy (non-hydrogen) atoms. The molecule has 3 nitrogen and oxygen atoms in total. The number of methoxy groups -OCH3 is 1. The maximum Gasteiger partial charge on any atom is 0.222 e. The van der Waals surface area contributed by atoms with Gasteiger partial charge in [-0.15, -0.1) is 24.0 Å². The number of halogens is 1. The molecule has 0 fully saturated rings. The molecule has 0 saturated heterocycles. The van der Waals surface area contributed by atoms with E-state index in [0.717, 1.165) is 31.7 Å². The molecule has 3 aliphatic carbocycles. The molecular formula is C20H24INO2. The molecule has 0 aromatic heterocycles. The summed E-state index contributed by atoms with van der Waals surface area (Å²) in [6.45, 7) is 3.05. The molecule has 0 spiro atoms. The van der Waals surface area contributed by atoms with Crippen molar-refractivity contribution >= 4 is 24.0 Å². The number of allylic oxidation sites excluding steroid dienone is 10. The van der Waals surface area contributed by atoms with Crippen molar-refractivity contribution in [3.63, 3.8) is 0 Å². The van der Waals surface area contributed by atoms with Gasteiger partial charge in [0.25, 0.3) is 0 Å². The zero-order valence-electron chi connectivity index (χ0n) is 14.5. The fourth-order valence-electron chi connectivity index (χ4n) is 4.06. The van der Waals surface area contributed by atoms with Gasteiger partial charge in [0.2, 0.25) is 5.88 Å². The second kappa shape index (κ2) is 6.92. The van der Waals surface area contributed by atoms with Crippen LogP contribution in [0.4, 0.5) is 0 Å². The van der Waals surface area contributed by atoms with Crippen molar-refractivity contribution in [3.05, 3.63) is 69.7 Å². The van der Waals surface area contributed by atoms with Crippen LogP contribution in [0.5, 0.6) is 0 Å². The third-order valence-electron chi connectivity index (χ3n) is 5.12. The number of hydroxylamine groups is 2. The fraction of sp³-hybridized carbons (Fsp3) is 0.400. The van der Waals surface area contributed by atoms with Crippen LogP contribution in [0.15, 0.2) is 69.7 Å². The number of ether oxygens (including phenoxy) is 1. The molecule has 0 N–H and O–H groups in total. The Kier molecular flexibility index (Phi) is 5.06. The molecule has 1 atom stereocenters. The van der Waals surface area contributed by atoms with Gasteiger partial charge >= 0.3 is 0 Å². The molecule has 128 valence electrons. The fourth-order valence-corrected chi connectivity index (χ4v) is 4.06. The Morgan fingerprint density at radius 1 is 1.08 bits per heavy atom. The van der Waals surface area contributed by atoms with E-state index in [4.69, 9.17) is 9.57 Å². The van der Waals surface area contributed by atoms with Crippen molar-refractivity contribution < 1.29 is 9.57 Å². The second-order valence-electron chi connectivity index (χ2n) is 6.61. The largest absolute Gasteiger partial charge is 0.480 e. The minimum atomic E-state index is 0. The molecule has 0 aromatic carbocycles. The Labute approximate surface area is 161 Å². The zero-order valence-corrected chi connectivity index (χ0v) is 16.8. The third-order valence-corrected chi connectivity index (χ3v) is 5.12. The molecule has 1 aliphatic heterocycles. The quantitative estimate of drug-likeness (QED) is 0.579. The van der Waals surface area contributed by atoms with Crippen LogP contribution in [-0.2, 0) is 9.57 Å². The number of nitrogens with zero attached hydrogens (tertiary/aromatic N) is 1. The minimum Gasteiger partial charge on any atom is -0.480 e. The normalized spacial score (nSPS) is 25.0. The van der Waals surface area contributed by atoms with Gasteiger partial charge in [0.1, 0.15) is 0 Å². The van der Waals surface area contributed by atoms with Crippen molar-refractivity contribution in [2.45, 2.75) is 26.2 Å². The summed E-state index contributed by atoms with van der Waals surface area (Å²) in [6, 6.07) is 0. The summed E-state index contributed by atoms with van der Waals surface area (Å²) < 4.78 is 5.79. The van der Waals surface area contributed by atoms with Crippen LogP contribution in [0.2, 0.25) is 0 Å². The summed E-state index contributed by atoms with van der Waals surface area (Å²) in [4.78, 5) is 5.60. The SMILES string of the molecule is COC1=C2C3=C(CC=C4C=CCC(=C42)CN1OC)CC(C)C=C3.I. The lowest BCUT2D eigenvalue weighted by Crippen LogP contribution is -2.32. The summed E-state index contributed by atoms with van der Waals surface area (Å²) >= 11 is 0. The summed E-state index contributed by atoms with van der Waals surface area (Å²) in [5, 5.41) is 1.88. The van der Waals surface area contributed by atoms with Crippen LogP contribution in [0.1, 0.15) is 26.2 Å². The highest BCUT2D eigenvalue weighted by Gasteiger charge is 2.34. The van der Waals surface area contributed by atoms with Crippen LogP contribution in [0.3, 0.4) is 0 Å². The Hall–Kier alpha value is -1.27. The van der Waals surface area contributed by atoms with Gasteiger partial charge in [0.15, 0.2) is 0 Å². The molecule has 4 aliphatic rings. The predicted octanol–water partition coefficient (Wildman–Crippen LogP) is 4.82. The molecular weight excluding hydrogens is 413 g/mol. The standard InChI is InChI=1S/C20H23NO2.HI/c1-13-7-10-17-15(11-13)9-8-14-5-4-6-16-12-21(23-3)20(22-2)19(17)18(14)16;/h4-5,7-8,10,13H,6,9,11-12H2,1-3H3;1H. The van der Waals surface area contributed by atoms with E-state index in [0.29, 0.717) is 5.92 Å². The first-order valence-corrected chi connectivity index (χ1v) is 8.33. The molecule has 4 heteroatoms. The molecule has 0 aromatic rings. The summed E-state index contributed by atoms with van der Waals surface area (Å²) in [5.41, 5.74) is 8.16. The van der Waals surface area contributed by atoms with Crippen molar-refractivity contribution in [1.82, 2.24) is 5.06 Å². The van der Waals surface area contributed by atoms with Gasteiger partial charge in [-0.3, -0.25) is 4.84 Å². The van der Waals surface area contributed by atoms with Crippen molar-refractivity contribution in [2.24, 2.45) is 5.92 Å². The number of rotatable bonds is 2. The van der Waals surface area contributed by atoms with Crippen LogP contribution < -0.4 is 0 Å². The maximum atomic E-state index is 5.79. The van der Waals surface area contributed by atoms with Gasteiger partial charge in [0.05, 0.1) is 26.3 Å². The topological polar surface area (TPSA) is 21.7 Å².